The smallest absolute Gasteiger partial charge is 0.404 e. The van der Waals surface area contributed by atoms with E-state index in [9.17, 15) is 26.4 Å². The molecule has 0 spiro atoms. The van der Waals surface area contributed by atoms with Crippen LogP contribution in [-0.2, 0) is 21.2 Å². The Labute approximate surface area is 223 Å². The van der Waals surface area contributed by atoms with Crippen LogP contribution < -0.4 is 9.62 Å². The number of azo groups is 1. The van der Waals surface area contributed by atoms with E-state index in [-0.39, 0.29) is 34.2 Å². The molecular formula is C23H31F3N6O4S2. The van der Waals surface area contributed by atoms with Crippen molar-refractivity contribution in [3.05, 3.63) is 22.7 Å². The second-order valence-electron chi connectivity index (χ2n) is 8.79. The Balaban J connectivity index is 2.01. The molecule has 0 saturated carbocycles. The first kappa shape index (κ1) is 29.7. The number of halogens is 3. The van der Waals surface area contributed by atoms with Crippen molar-refractivity contribution in [2.45, 2.75) is 71.5 Å². The third-order valence-electron chi connectivity index (χ3n) is 5.89. The average molecular weight is 577 g/mol. The topological polar surface area (TPSA) is 126 Å². The molecule has 0 bridgehead atoms. The van der Waals surface area contributed by atoms with Crippen molar-refractivity contribution in [3.8, 4) is 0 Å². The summed E-state index contributed by atoms with van der Waals surface area (Å²) in [5.74, 6) is -2.71. The minimum Gasteiger partial charge on any atom is -0.461 e. The van der Waals surface area contributed by atoms with E-state index in [4.69, 9.17) is 4.74 Å². The number of hydrogen-bond donors (Lipinski definition) is 1. The Bertz CT molecular complexity index is 1250. The van der Waals surface area contributed by atoms with Crippen molar-refractivity contribution in [2.24, 2.45) is 10.2 Å². The number of hydrogen-bond acceptors (Lipinski definition) is 10. The molecule has 1 N–H and O–H groups in total. The Morgan fingerprint density at radius 2 is 1.97 bits per heavy atom. The molecule has 1 aromatic carbocycles. The minimum absolute atomic E-state index is 0.00196. The van der Waals surface area contributed by atoms with Gasteiger partial charge in [0.05, 0.1) is 12.3 Å². The van der Waals surface area contributed by atoms with Crippen LogP contribution in [0, 0.1) is 0 Å². The van der Waals surface area contributed by atoms with E-state index in [0.717, 1.165) is 61.2 Å². The van der Waals surface area contributed by atoms with Crippen molar-refractivity contribution in [2.75, 3.05) is 28.5 Å². The zero-order valence-corrected chi connectivity index (χ0v) is 23.0. The third kappa shape index (κ3) is 8.09. The number of ether oxygens (including phenoxy) is 1. The minimum atomic E-state index is -4.92. The summed E-state index contributed by atoms with van der Waals surface area (Å²) in [7, 11) is -4.78. The summed E-state index contributed by atoms with van der Waals surface area (Å²) in [6, 6.07) is 3.40. The summed E-state index contributed by atoms with van der Waals surface area (Å²) in [6.07, 6.45) is 0.521. The maximum Gasteiger partial charge on any atom is 0.404 e. The Kier molecular flexibility index (Phi) is 10.0. The van der Waals surface area contributed by atoms with Gasteiger partial charge in [0.15, 0.2) is 5.75 Å². The van der Waals surface area contributed by atoms with Gasteiger partial charge in [0.2, 0.25) is 15.0 Å². The largest absolute Gasteiger partial charge is 0.461 e. The van der Waals surface area contributed by atoms with Crippen LogP contribution in [0.4, 0.5) is 35.4 Å². The molecular weight excluding hydrogens is 545 g/mol. The highest BCUT2D eigenvalue weighted by Gasteiger charge is 2.36. The summed E-state index contributed by atoms with van der Waals surface area (Å²) in [5.41, 5.74) is 1.57. The summed E-state index contributed by atoms with van der Waals surface area (Å²) in [4.78, 5) is 14.0. The predicted octanol–water partition coefficient (Wildman–Crippen LogP) is 6.16. The molecule has 0 radical (unpaired) electrons. The Hall–Kier alpha value is -2.81. The summed E-state index contributed by atoms with van der Waals surface area (Å²) < 4.78 is 70.5. The average Bonchev–Trinajstić information content (AvgIpc) is 3.30. The van der Waals surface area contributed by atoms with Crippen molar-refractivity contribution in [1.29, 1.82) is 0 Å². The summed E-state index contributed by atoms with van der Waals surface area (Å²) in [5, 5.41) is 15.5. The standard InChI is InChI=1S/C23H31F3N6O4S2/c1-4-7-8-11-32-16(5-2)10-9-15-12-17(27-29-22-30-28-20(37-22)21(33)36-6-3)18(13-19(15)32)31-38(34,35)14-23(24,25)26/h12-13,16,31H,4-11,14H2,1-3H3. The first-order valence-electron chi connectivity index (χ1n) is 12.4. The van der Waals surface area contributed by atoms with Gasteiger partial charge >= 0.3 is 12.1 Å². The number of alkyl halides is 3. The van der Waals surface area contributed by atoms with Crippen LogP contribution in [0.3, 0.4) is 0 Å². The number of unbranched alkanes of at least 4 members (excludes halogenated alkanes) is 2. The second-order valence-corrected chi connectivity index (χ2v) is 11.5. The summed E-state index contributed by atoms with van der Waals surface area (Å²) in [6.45, 7) is 6.71. The number of benzene rings is 1. The maximum atomic E-state index is 12.9. The number of carbonyl (C=O) groups is 1. The molecule has 0 fully saturated rings. The molecule has 1 unspecified atom stereocenters. The van der Waals surface area contributed by atoms with Crippen LogP contribution in [0.15, 0.2) is 22.4 Å². The van der Waals surface area contributed by atoms with Gasteiger partial charge in [-0.1, -0.05) is 38.0 Å². The molecule has 2 aromatic rings. The van der Waals surface area contributed by atoms with Crippen molar-refractivity contribution in [3.63, 3.8) is 0 Å². The number of anilines is 2. The van der Waals surface area contributed by atoms with Gasteiger partial charge in [0, 0.05) is 18.3 Å². The van der Waals surface area contributed by atoms with Crippen LogP contribution in [0.1, 0.15) is 68.2 Å². The molecule has 1 aliphatic heterocycles. The molecule has 1 aliphatic rings. The highest BCUT2D eigenvalue weighted by molar-refractivity contribution is 7.92. The number of rotatable bonds is 12. The van der Waals surface area contributed by atoms with E-state index in [1.807, 2.05) is 0 Å². The lowest BCUT2D eigenvalue weighted by Crippen LogP contribution is -2.39. The van der Waals surface area contributed by atoms with Crippen LogP contribution in [-0.4, -0.2) is 55.7 Å². The SMILES string of the molecule is CCCCCN1c2cc(NS(=O)(=O)CC(F)(F)F)c(N=Nc3nnc(C(=O)OCC)s3)cc2CCC1CC. The van der Waals surface area contributed by atoms with Crippen LogP contribution >= 0.6 is 11.3 Å². The molecule has 0 aliphatic carbocycles. The van der Waals surface area contributed by atoms with Gasteiger partial charge in [0.25, 0.3) is 5.13 Å². The number of nitrogens with one attached hydrogen (secondary N) is 1. The fourth-order valence-electron chi connectivity index (χ4n) is 4.23. The molecule has 0 saturated heterocycles. The molecule has 1 atom stereocenters. The van der Waals surface area contributed by atoms with E-state index in [2.05, 4.69) is 43.9 Å². The molecule has 15 heteroatoms. The monoisotopic (exact) mass is 576 g/mol. The lowest BCUT2D eigenvalue weighted by Gasteiger charge is -2.39. The van der Waals surface area contributed by atoms with E-state index in [0.29, 0.717) is 6.42 Å². The van der Waals surface area contributed by atoms with Crippen LogP contribution in [0.25, 0.3) is 0 Å². The zero-order chi connectivity index (χ0) is 27.9. The molecule has 38 heavy (non-hydrogen) atoms. The molecule has 1 aromatic heterocycles. The second kappa shape index (κ2) is 12.8. The first-order chi connectivity index (χ1) is 18.0. The van der Waals surface area contributed by atoms with Gasteiger partial charge in [-0.05, 0) is 50.3 Å². The number of sulfonamides is 1. The lowest BCUT2D eigenvalue weighted by molar-refractivity contribution is -0.106. The normalized spacial score (nSPS) is 16.1. The number of aryl methyl sites for hydroxylation is 1. The van der Waals surface area contributed by atoms with Gasteiger partial charge in [-0.2, -0.15) is 13.2 Å². The van der Waals surface area contributed by atoms with Crippen LogP contribution in [0.5, 0.6) is 0 Å². The van der Waals surface area contributed by atoms with Gasteiger partial charge in [0.1, 0.15) is 5.69 Å². The van der Waals surface area contributed by atoms with Gasteiger partial charge in [-0.25, -0.2) is 13.2 Å². The molecule has 0 amide bonds. The third-order valence-corrected chi connectivity index (χ3v) is 7.92. The van der Waals surface area contributed by atoms with E-state index >= 15 is 0 Å². The Morgan fingerprint density at radius 1 is 1.21 bits per heavy atom. The molecule has 2 heterocycles. The molecule has 3 rings (SSSR count). The zero-order valence-electron chi connectivity index (χ0n) is 21.4. The van der Waals surface area contributed by atoms with E-state index in [1.165, 1.54) is 6.07 Å². The fraction of sp³-hybridized carbons (Fsp3) is 0.609. The fourth-order valence-corrected chi connectivity index (χ4v) is 5.80. The number of fused-ring (bicyclic) bond motifs is 1. The number of esters is 1. The summed E-state index contributed by atoms with van der Waals surface area (Å²) >= 11 is 0.818. The Morgan fingerprint density at radius 3 is 2.63 bits per heavy atom. The van der Waals surface area contributed by atoms with Crippen molar-refractivity contribution in [1.82, 2.24) is 10.2 Å². The van der Waals surface area contributed by atoms with E-state index < -0.39 is 27.9 Å². The highest BCUT2D eigenvalue weighted by Crippen LogP contribution is 2.41. The molecule has 210 valence electrons. The quantitative estimate of drug-likeness (QED) is 0.182. The first-order valence-corrected chi connectivity index (χ1v) is 14.9. The number of aromatic nitrogens is 2. The van der Waals surface area contributed by atoms with Gasteiger partial charge in [-0.15, -0.1) is 20.4 Å². The lowest BCUT2D eigenvalue weighted by atomic mass is 9.93. The number of carbonyl (C=O) groups excluding carboxylic acids is 1. The van der Waals surface area contributed by atoms with Crippen molar-refractivity contribution < 1.29 is 31.1 Å². The maximum absolute atomic E-state index is 12.9. The van der Waals surface area contributed by atoms with Gasteiger partial charge < -0.3 is 9.64 Å². The number of nitrogens with zero attached hydrogens (tertiary/aromatic N) is 5. The predicted molar refractivity (Wildman–Crippen MR) is 139 cm³/mol. The van der Waals surface area contributed by atoms with E-state index in [1.54, 1.807) is 13.0 Å². The molecule has 10 nitrogen and oxygen atoms in total. The highest BCUT2D eigenvalue weighted by atomic mass is 32.2. The van der Waals surface area contributed by atoms with Gasteiger partial charge in [-0.3, -0.25) is 4.72 Å². The van der Waals surface area contributed by atoms with Crippen LogP contribution in [0.2, 0.25) is 0 Å². The van der Waals surface area contributed by atoms with Crippen molar-refractivity contribution >= 4 is 49.5 Å².